The third-order valence-electron chi connectivity index (χ3n) is 5.46. The highest BCUT2D eigenvalue weighted by Crippen LogP contribution is 2.34. The molecule has 4 aromatic heterocycles. The van der Waals surface area contributed by atoms with Gasteiger partial charge in [-0.05, 0) is 24.8 Å². The van der Waals surface area contributed by atoms with Gasteiger partial charge in [-0.3, -0.25) is 9.78 Å². The summed E-state index contributed by atoms with van der Waals surface area (Å²) in [6.07, 6.45) is 16.5. The molecule has 1 aliphatic rings. The summed E-state index contributed by atoms with van der Waals surface area (Å²) in [7, 11) is 0. The highest BCUT2D eigenvalue weighted by atomic mass is 15.3. The van der Waals surface area contributed by atoms with Crippen LogP contribution in [0.15, 0.2) is 43.2 Å². The fourth-order valence-electron chi connectivity index (χ4n) is 4.00. The molecule has 1 N–H and O–H groups in total. The van der Waals surface area contributed by atoms with Crippen LogP contribution in [0.5, 0.6) is 0 Å². The van der Waals surface area contributed by atoms with Crippen molar-refractivity contribution in [1.82, 2.24) is 34.6 Å². The maximum atomic E-state index is 4.89. The lowest BCUT2D eigenvalue weighted by molar-refractivity contribution is 0.240. The standard InChI is InChI=1S/C19H21N7/c1-13-4-2-3-5-17(13)25-11-15(10-23-25)19-18-6-7-22-26(18)12-16(24-19)14-8-20-21-9-14/h6-13,17H,2-5H2,1H3,(H,20,21). The Morgan fingerprint density at radius 2 is 2.00 bits per heavy atom. The van der Waals surface area contributed by atoms with E-state index in [9.17, 15) is 0 Å². The van der Waals surface area contributed by atoms with Crippen LogP contribution in [0.3, 0.4) is 0 Å². The van der Waals surface area contributed by atoms with Crippen molar-refractivity contribution in [2.24, 2.45) is 5.92 Å². The molecule has 4 heterocycles. The molecule has 1 fully saturated rings. The molecule has 0 spiro atoms. The summed E-state index contributed by atoms with van der Waals surface area (Å²) in [6, 6.07) is 2.47. The second kappa shape index (κ2) is 6.09. The quantitative estimate of drug-likeness (QED) is 0.612. The summed E-state index contributed by atoms with van der Waals surface area (Å²) in [4.78, 5) is 4.89. The fraction of sp³-hybridized carbons (Fsp3) is 0.368. The number of H-pyrrole nitrogens is 1. The van der Waals surface area contributed by atoms with Crippen LogP contribution in [0.4, 0.5) is 0 Å². The van der Waals surface area contributed by atoms with Crippen molar-refractivity contribution in [1.29, 1.82) is 0 Å². The number of nitrogens with zero attached hydrogens (tertiary/aromatic N) is 6. The Bertz CT molecular complexity index is 1030. The lowest BCUT2D eigenvalue weighted by atomic mass is 9.86. The van der Waals surface area contributed by atoms with Gasteiger partial charge in [0.15, 0.2) is 0 Å². The third-order valence-corrected chi connectivity index (χ3v) is 5.46. The van der Waals surface area contributed by atoms with E-state index in [4.69, 9.17) is 4.98 Å². The van der Waals surface area contributed by atoms with Crippen molar-refractivity contribution in [3.05, 3.63) is 43.2 Å². The molecule has 26 heavy (non-hydrogen) atoms. The van der Waals surface area contributed by atoms with Crippen LogP contribution in [0.1, 0.15) is 38.6 Å². The fourth-order valence-corrected chi connectivity index (χ4v) is 4.00. The monoisotopic (exact) mass is 347 g/mol. The van der Waals surface area contributed by atoms with Crippen molar-refractivity contribution in [3.8, 4) is 22.5 Å². The number of hydrogen-bond acceptors (Lipinski definition) is 4. The van der Waals surface area contributed by atoms with Crippen LogP contribution < -0.4 is 0 Å². The van der Waals surface area contributed by atoms with Crippen LogP contribution >= 0.6 is 0 Å². The van der Waals surface area contributed by atoms with E-state index >= 15 is 0 Å². The molecule has 1 saturated carbocycles. The number of hydrogen-bond donors (Lipinski definition) is 1. The molecule has 0 aromatic carbocycles. The molecule has 1 aliphatic carbocycles. The van der Waals surface area contributed by atoms with Crippen LogP contribution in [0, 0.1) is 5.92 Å². The van der Waals surface area contributed by atoms with E-state index in [1.165, 1.54) is 25.7 Å². The topological polar surface area (TPSA) is 76.7 Å². The summed E-state index contributed by atoms with van der Waals surface area (Å²) in [5, 5.41) is 16.0. The van der Waals surface area contributed by atoms with Crippen LogP contribution in [0.25, 0.3) is 28.0 Å². The zero-order valence-corrected chi connectivity index (χ0v) is 14.7. The second-order valence-electron chi connectivity index (χ2n) is 7.16. The molecule has 0 radical (unpaired) electrons. The van der Waals surface area contributed by atoms with Gasteiger partial charge in [-0.2, -0.15) is 15.3 Å². The van der Waals surface area contributed by atoms with Crippen LogP contribution in [-0.4, -0.2) is 34.6 Å². The van der Waals surface area contributed by atoms with Crippen molar-refractivity contribution in [2.45, 2.75) is 38.6 Å². The van der Waals surface area contributed by atoms with Gasteiger partial charge in [0.1, 0.15) is 0 Å². The third kappa shape index (κ3) is 2.51. The minimum Gasteiger partial charge on any atom is -0.285 e. The summed E-state index contributed by atoms with van der Waals surface area (Å²) in [6.45, 7) is 2.33. The smallest absolute Gasteiger partial charge is 0.0999 e. The first-order valence-electron chi connectivity index (χ1n) is 9.17. The highest BCUT2D eigenvalue weighted by molar-refractivity contribution is 5.78. The van der Waals surface area contributed by atoms with Crippen molar-refractivity contribution >= 4 is 5.52 Å². The van der Waals surface area contributed by atoms with E-state index in [2.05, 4.69) is 38.2 Å². The Hall–Kier alpha value is -2.96. The SMILES string of the molecule is CC1CCCCC1n1cc(-c2nc(-c3cn[nH]c3)cn3nccc23)cn1. The van der Waals surface area contributed by atoms with Crippen molar-refractivity contribution < 1.29 is 0 Å². The Labute approximate surface area is 151 Å². The van der Waals surface area contributed by atoms with E-state index in [-0.39, 0.29) is 0 Å². The first-order valence-corrected chi connectivity index (χ1v) is 9.17. The molecule has 7 nitrogen and oxygen atoms in total. The van der Waals surface area contributed by atoms with Gasteiger partial charge in [-0.15, -0.1) is 0 Å². The Kier molecular flexibility index (Phi) is 3.58. The van der Waals surface area contributed by atoms with Gasteiger partial charge >= 0.3 is 0 Å². The number of aromatic nitrogens is 7. The number of nitrogens with one attached hydrogen (secondary N) is 1. The minimum atomic E-state index is 0.482. The van der Waals surface area contributed by atoms with Gasteiger partial charge < -0.3 is 0 Å². The molecule has 4 aromatic rings. The molecular weight excluding hydrogens is 326 g/mol. The highest BCUT2D eigenvalue weighted by Gasteiger charge is 2.24. The lowest BCUT2D eigenvalue weighted by Crippen LogP contribution is -2.21. The van der Waals surface area contributed by atoms with Crippen molar-refractivity contribution in [2.75, 3.05) is 0 Å². The molecule has 0 saturated heterocycles. The van der Waals surface area contributed by atoms with E-state index in [0.29, 0.717) is 12.0 Å². The molecule has 2 unspecified atom stereocenters. The van der Waals surface area contributed by atoms with Gasteiger partial charge in [-0.1, -0.05) is 19.8 Å². The number of rotatable bonds is 3. The Morgan fingerprint density at radius 3 is 2.85 bits per heavy atom. The van der Waals surface area contributed by atoms with Gasteiger partial charge in [0.2, 0.25) is 0 Å². The maximum absolute atomic E-state index is 4.89. The average Bonchev–Trinajstić information content (AvgIpc) is 3.41. The second-order valence-corrected chi connectivity index (χ2v) is 7.16. The largest absolute Gasteiger partial charge is 0.285 e. The van der Waals surface area contributed by atoms with E-state index < -0.39 is 0 Å². The van der Waals surface area contributed by atoms with E-state index in [1.54, 1.807) is 12.4 Å². The first-order chi connectivity index (χ1) is 12.8. The first kappa shape index (κ1) is 15.3. The molecular formula is C19H21N7. The van der Waals surface area contributed by atoms with Gasteiger partial charge in [-0.25, -0.2) is 9.50 Å². The van der Waals surface area contributed by atoms with Gasteiger partial charge in [0, 0.05) is 23.5 Å². The molecule has 0 bridgehead atoms. The van der Waals surface area contributed by atoms with Gasteiger partial charge in [0.05, 0.1) is 47.7 Å². The van der Waals surface area contributed by atoms with Gasteiger partial charge in [0.25, 0.3) is 0 Å². The molecule has 132 valence electrons. The Balaban J connectivity index is 1.59. The summed E-state index contributed by atoms with van der Waals surface area (Å²) < 4.78 is 4.00. The molecule has 5 rings (SSSR count). The normalized spacial score (nSPS) is 20.7. The zero-order chi connectivity index (χ0) is 17.5. The Morgan fingerprint density at radius 1 is 1.08 bits per heavy atom. The van der Waals surface area contributed by atoms with E-state index in [1.807, 2.05) is 29.2 Å². The minimum absolute atomic E-state index is 0.482. The predicted molar refractivity (Wildman–Crippen MR) is 98.5 cm³/mol. The summed E-state index contributed by atoms with van der Waals surface area (Å²) >= 11 is 0. The zero-order valence-electron chi connectivity index (χ0n) is 14.7. The molecule has 7 heteroatoms. The van der Waals surface area contributed by atoms with Crippen LogP contribution in [0.2, 0.25) is 0 Å². The van der Waals surface area contributed by atoms with E-state index in [0.717, 1.165) is 28.0 Å². The van der Waals surface area contributed by atoms with Crippen LogP contribution in [-0.2, 0) is 0 Å². The molecule has 2 atom stereocenters. The average molecular weight is 347 g/mol. The maximum Gasteiger partial charge on any atom is 0.0999 e. The van der Waals surface area contributed by atoms with Crippen molar-refractivity contribution in [3.63, 3.8) is 0 Å². The summed E-state index contributed by atoms with van der Waals surface area (Å²) in [5.74, 6) is 0.664. The molecule has 0 amide bonds. The number of aromatic amines is 1. The summed E-state index contributed by atoms with van der Waals surface area (Å²) in [5.41, 5.74) is 4.68. The molecule has 0 aliphatic heterocycles. The lowest BCUT2D eigenvalue weighted by Gasteiger charge is -2.28. The number of fused-ring (bicyclic) bond motifs is 1. The predicted octanol–water partition coefficient (Wildman–Crippen LogP) is 3.73.